The summed E-state index contributed by atoms with van der Waals surface area (Å²) in [5.41, 5.74) is 0.556. The summed E-state index contributed by atoms with van der Waals surface area (Å²) in [5.74, 6) is 1.67. The van der Waals surface area contributed by atoms with Crippen LogP contribution >= 0.6 is 0 Å². The van der Waals surface area contributed by atoms with Gasteiger partial charge in [0.2, 0.25) is 5.91 Å². The number of nitrogens with zero attached hydrogens (tertiary/aromatic N) is 5. The van der Waals surface area contributed by atoms with Crippen molar-refractivity contribution in [2.75, 3.05) is 23.3 Å². The molecule has 10 heteroatoms. The van der Waals surface area contributed by atoms with Crippen LogP contribution in [0.25, 0.3) is 11.2 Å². The number of nitrogens with one attached hydrogen (secondary N) is 2. The van der Waals surface area contributed by atoms with Crippen molar-refractivity contribution < 1.29 is 4.79 Å². The summed E-state index contributed by atoms with van der Waals surface area (Å²) >= 11 is 0. The smallest absolute Gasteiger partial charge is 0.330 e. The zero-order valence-electron chi connectivity index (χ0n) is 20.8. The largest absolute Gasteiger partial charge is 0.357 e. The number of carbonyl (C=O) groups is 1. The number of aromatic amines is 1. The van der Waals surface area contributed by atoms with Crippen LogP contribution in [0.15, 0.2) is 27.9 Å². The summed E-state index contributed by atoms with van der Waals surface area (Å²) in [4.78, 5) is 51.7. The van der Waals surface area contributed by atoms with Crippen LogP contribution in [0, 0.1) is 5.92 Å². The van der Waals surface area contributed by atoms with E-state index in [0.29, 0.717) is 42.2 Å². The molecule has 10 nitrogen and oxygen atoms in total. The fourth-order valence-electron chi connectivity index (χ4n) is 4.54. The standard InChI is InChI=1S/C25H35N7O3/c1-4-5-14-31-23-22(24(34)29-25(31)35)32(16-17(2)3)20(28-23)10-11-21(33)27-18-8-9-19(26-15-18)30-12-6-7-13-30/h8-9,15,17H,4-7,10-14,16H2,1-3H3,(H,27,33)(H,29,34,35). The molecule has 0 bridgehead atoms. The van der Waals surface area contributed by atoms with E-state index in [1.807, 2.05) is 23.6 Å². The molecule has 35 heavy (non-hydrogen) atoms. The van der Waals surface area contributed by atoms with E-state index < -0.39 is 11.2 Å². The van der Waals surface area contributed by atoms with Gasteiger partial charge in [0.05, 0.1) is 11.9 Å². The number of aromatic nitrogens is 5. The second kappa shape index (κ2) is 10.9. The molecule has 1 aliphatic rings. The highest BCUT2D eigenvalue weighted by Crippen LogP contribution is 2.20. The maximum absolute atomic E-state index is 12.7. The van der Waals surface area contributed by atoms with Gasteiger partial charge in [-0.25, -0.2) is 14.8 Å². The fourth-order valence-corrected chi connectivity index (χ4v) is 4.54. The van der Waals surface area contributed by atoms with Crippen LogP contribution in [0.1, 0.15) is 58.7 Å². The van der Waals surface area contributed by atoms with E-state index in [2.05, 4.69) is 39.0 Å². The third kappa shape index (κ3) is 5.63. The number of anilines is 2. The SMILES string of the molecule is CCCCn1c(=O)[nH]c(=O)c2c1nc(CCC(=O)Nc1ccc(N3CCCC3)nc1)n2CC(C)C. The van der Waals surface area contributed by atoms with Gasteiger partial charge in [-0.15, -0.1) is 0 Å². The quantitative estimate of drug-likeness (QED) is 0.460. The lowest BCUT2D eigenvalue weighted by Crippen LogP contribution is -2.31. The molecule has 0 aliphatic carbocycles. The minimum absolute atomic E-state index is 0.152. The predicted octanol–water partition coefficient (Wildman–Crippen LogP) is 2.91. The number of amides is 1. The molecule has 1 amide bonds. The first-order valence-corrected chi connectivity index (χ1v) is 12.6. The number of imidazole rings is 1. The van der Waals surface area contributed by atoms with Gasteiger partial charge in [0, 0.05) is 39.0 Å². The number of fused-ring (bicyclic) bond motifs is 1. The Morgan fingerprint density at radius 1 is 1.17 bits per heavy atom. The molecule has 1 saturated heterocycles. The molecule has 4 heterocycles. The normalized spacial score (nSPS) is 13.8. The lowest BCUT2D eigenvalue weighted by Gasteiger charge is -2.16. The zero-order chi connectivity index (χ0) is 24.9. The average molecular weight is 482 g/mol. The van der Waals surface area contributed by atoms with Gasteiger partial charge in [0.15, 0.2) is 11.2 Å². The molecule has 188 valence electrons. The third-order valence-electron chi connectivity index (χ3n) is 6.28. The molecule has 0 unspecified atom stereocenters. The zero-order valence-corrected chi connectivity index (χ0v) is 20.8. The number of hydrogen-bond acceptors (Lipinski definition) is 6. The second-order valence-electron chi connectivity index (χ2n) is 9.62. The van der Waals surface area contributed by atoms with Gasteiger partial charge in [-0.3, -0.25) is 19.1 Å². The molecule has 3 aromatic heterocycles. The van der Waals surface area contributed by atoms with Crippen LogP contribution in [-0.4, -0.2) is 43.1 Å². The summed E-state index contributed by atoms with van der Waals surface area (Å²) in [5, 5.41) is 2.90. The number of pyridine rings is 1. The minimum atomic E-state index is -0.445. The Bertz CT molecular complexity index is 1280. The van der Waals surface area contributed by atoms with E-state index in [4.69, 9.17) is 0 Å². The molecule has 4 rings (SSSR count). The number of hydrogen-bond donors (Lipinski definition) is 2. The monoisotopic (exact) mass is 481 g/mol. The van der Waals surface area contributed by atoms with Gasteiger partial charge in [-0.05, 0) is 37.3 Å². The van der Waals surface area contributed by atoms with Crippen molar-refractivity contribution in [1.82, 2.24) is 24.1 Å². The van der Waals surface area contributed by atoms with E-state index in [1.54, 1.807) is 6.20 Å². The molecule has 0 spiro atoms. The maximum Gasteiger partial charge on any atom is 0.330 e. The van der Waals surface area contributed by atoms with Crippen molar-refractivity contribution in [3.8, 4) is 0 Å². The van der Waals surface area contributed by atoms with E-state index in [9.17, 15) is 14.4 Å². The molecule has 1 fully saturated rings. The number of carbonyl (C=O) groups excluding carboxylic acids is 1. The van der Waals surface area contributed by atoms with Crippen LogP contribution in [0.5, 0.6) is 0 Å². The summed E-state index contributed by atoms with van der Waals surface area (Å²) < 4.78 is 3.40. The van der Waals surface area contributed by atoms with E-state index >= 15 is 0 Å². The first kappa shape index (κ1) is 24.7. The van der Waals surface area contributed by atoms with Crippen molar-refractivity contribution in [3.05, 3.63) is 45.0 Å². The molecule has 2 N–H and O–H groups in total. The summed E-state index contributed by atoms with van der Waals surface area (Å²) in [6.07, 6.45) is 6.33. The first-order chi connectivity index (χ1) is 16.9. The first-order valence-electron chi connectivity index (χ1n) is 12.6. The van der Waals surface area contributed by atoms with Crippen LogP contribution in [-0.2, 0) is 24.3 Å². The Morgan fingerprint density at radius 3 is 2.60 bits per heavy atom. The van der Waals surface area contributed by atoms with Crippen molar-refractivity contribution in [3.63, 3.8) is 0 Å². The van der Waals surface area contributed by atoms with E-state index in [-0.39, 0.29) is 18.2 Å². The molecule has 3 aromatic rings. The number of H-pyrrole nitrogens is 1. The van der Waals surface area contributed by atoms with Crippen molar-refractivity contribution in [2.45, 2.75) is 72.4 Å². The highest BCUT2D eigenvalue weighted by atomic mass is 16.2. The van der Waals surface area contributed by atoms with Crippen molar-refractivity contribution in [2.24, 2.45) is 5.92 Å². The Kier molecular flexibility index (Phi) is 7.67. The number of unbranched alkanes of at least 4 members (excludes halogenated alkanes) is 1. The lowest BCUT2D eigenvalue weighted by molar-refractivity contribution is -0.116. The van der Waals surface area contributed by atoms with Crippen LogP contribution in [0.4, 0.5) is 11.5 Å². The fraction of sp³-hybridized carbons (Fsp3) is 0.560. The van der Waals surface area contributed by atoms with Gasteiger partial charge >= 0.3 is 5.69 Å². The van der Waals surface area contributed by atoms with Crippen LogP contribution < -0.4 is 21.5 Å². The third-order valence-corrected chi connectivity index (χ3v) is 6.28. The van der Waals surface area contributed by atoms with E-state index in [0.717, 1.165) is 31.7 Å². The molecule has 0 saturated carbocycles. The minimum Gasteiger partial charge on any atom is -0.357 e. The Morgan fingerprint density at radius 2 is 1.94 bits per heavy atom. The molecule has 0 aromatic carbocycles. The van der Waals surface area contributed by atoms with Gasteiger partial charge in [0.25, 0.3) is 5.56 Å². The Balaban J connectivity index is 1.52. The van der Waals surface area contributed by atoms with Crippen LogP contribution in [0.3, 0.4) is 0 Å². The lowest BCUT2D eigenvalue weighted by atomic mass is 10.2. The topological polar surface area (TPSA) is 118 Å². The molecule has 1 aliphatic heterocycles. The van der Waals surface area contributed by atoms with Gasteiger partial charge < -0.3 is 14.8 Å². The Hall–Kier alpha value is -3.43. The highest BCUT2D eigenvalue weighted by Gasteiger charge is 2.20. The summed E-state index contributed by atoms with van der Waals surface area (Å²) in [6, 6.07) is 3.81. The molecule has 0 atom stereocenters. The predicted molar refractivity (Wildman–Crippen MR) is 137 cm³/mol. The summed E-state index contributed by atoms with van der Waals surface area (Å²) in [7, 11) is 0. The van der Waals surface area contributed by atoms with Crippen molar-refractivity contribution >= 4 is 28.6 Å². The molecular weight excluding hydrogens is 446 g/mol. The molecule has 0 radical (unpaired) electrons. The number of aryl methyl sites for hydroxylation is 2. The maximum atomic E-state index is 12.7. The second-order valence-corrected chi connectivity index (χ2v) is 9.62. The Labute approximate surface area is 204 Å². The average Bonchev–Trinajstić information content (AvgIpc) is 3.47. The highest BCUT2D eigenvalue weighted by molar-refractivity contribution is 5.90. The summed E-state index contributed by atoms with van der Waals surface area (Å²) in [6.45, 7) is 9.26. The van der Waals surface area contributed by atoms with Gasteiger partial charge in [-0.2, -0.15) is 0 Å². The van der Waals surface area contributed by atoms with E-state index in [1.165, 1.54) is 17.4 Å². The van der Waals surface area contributed by atoms with Crippen LogP contribution in [0.2, 0.25) is 0 Å². The van der Waals surface area contributed by atoms with Crippen molar-refractivity contribution in [1.29, 1.82) is 0 Å². The molecular formula is C25H35N7O3. The number of rotatable bonds is 10. The van der Waals surface area contributed by atoms with Gasteiger partial charge in [-0.1, -0.05) is 27.2 Å². The van der Waals surface area contributed by atoms with Gasteiger partial charge in [0.1, 0.15) is 11.6 Å².